The van der Waals surface area contributed by atoms with Gasteiger partial charge in [-0.1, -0.05) is 0 Å². The molecule has 0 bridgehead atoms. The predicted molar refractivity (Wildman–Crippen MR) is 45.6 cm³/mol. The molecule has 2 rings (SSSR count). The van der Waals surface area contributed by atoms with Gasteiger partial charge < -0.3 is 23.7 Å². The molecular formula is C9H14O5. The third kappa shape index (κ3) is 1.46. The topological polar surface area (TPSA) is 54.0 Å². The second-order valence-electron chi connectivity index (χ2n) is 3.91. The Bertz CT molecular complexity index is 239. The molecule has 0 aromatic heterocycles. The van der Waals surface area contributed by atoms with Crippen LogP contribution in [0.5, 0.6) is 0 Å². The maximum Gasteiger partial charge on any atom is 0.187 e. The average Bonchev–Trinajstić information content (AvgIpc) is 2.57. The molecule has 0 aromatic rings. The van der Waals surface area contributed by atoms with Gasteiger partial charge >= 0.3 is 0 Å². The van der Waals surface area contributed by atoms with Crippen LogP contribution in [0, 0.1) is 0 Å². The van der Waals surface area contributed by atoms with Crippen LogP contribution in [-0.2, 0) is 23.7 Å². The Labute approximate surface area is 82.3 Å². The third-order valence-electron chi connectivity index (χ3n) is 2.41. The number of aldehydes is 1. The van der Waals surface area contributed by atoms with Crippen molar-refractivity contribution in [3.63, 3.8) is 0 Å². The SMILES string of the molecule is COC1O[C@H](C=O)[C@@H]2OC(C)(C)O[C@H]12. The Balaban J connectivity index is 2.16. The number of hydrogen-bond donors (Lipinski definition) is 0. The van der Waals surface area contributed by atoms with Crippen LogP contribution in [0.2, 0.25) is 0 Å². The first-order valence-corrected chi connectivity index (χ1v) is 4.56. The number of carbonyl (C=O) groups is 1. The summed E-state index contributed by atoms with van der Waals surface area (Å²) in [5, 5.41) is 0. The lowest BCUT2D eigenvalue weighted by molar-refractivity contribution is -0.223. The summed E-state index contributed by atoms with van der Waals surface area (Å²) in [5.41, 5.74) is 0. The molecule has 2 heterocycles. The van der Waals surface area contributed by atoms with E-state index in [1.54, 1.807) is 13.8 Å². The van der Waals surface area contributed by atoms with Crippen LogP contribution in [0.15, 0.2) is 0 Å². The summed E-state index contributed by atoms with van der Waals surface area (Å²) < 4.78 is 21.5. The van der Waals surface area contributed by atoms with Crippen LogP contribution in [0.3, 0.4) is 0 Å². The molecule has 0 saturated carbocycles. The Morgan fingerprint density at radius 1 is 1.29 bits per heavy atom. The van der Waals surface area contributed by atoms with Crippen LogP contribution in [-0.4, -0.2) is 43.8 Å². The number of carbonyl (C=O) groups excluding carboxylic acids is 1. The van der Waals surface area contributed by atoms with E-state index in [-0.39, 0.29) is 12.2 Å². The zero-order chi connectivity index (χ0) is 10.3. The van der Waals surface area contributed by atoms with Gasteiger partial charge in [0, 0.05) is 7.11 Å². The quantitative estimate of drug-likeness (QED) is 0.593. The molecule has 2 aliphatic heterocycles. The molecule has 5 heteroatoms. The highest BCUT2D eigenvalue weighted by Crippen LogP contribution is 2.38. The van der Waals surface area contributed by atoms with E-state index in [0.29, 0.717) is 0 Å². The first-order valence-electron chi connectivity index (χ1n) is 4.56. The van der Waals surface area contributed by atoms with E-state index >= 15 is 0 Å². The van der Waals surface area contributed by atoms with Gasteiger partial charge in [0.1, 0.15) is 18.3 Å². The van der Waals surface area contributed by atoms with E-state index in [1.165, 1.54) is 7.11 Å². The molecule has 2 aliphatic rings. The van der Waals surface area contributed by atoms with Crippen LogP contribution < -0.4 is 0 Å². The number of rotatable bonds is 2. The molecule has 2 fully saturated rings. The number of fused-ring (bicyclic) bond motifs is 1. The van der Waals surface area contributed by atoms with Gasteiger partial charge in [0.15, 0.2) is 18.4 Å². The minimum Gasteiger partial charge on any atom is -0.353 e. The van der Waals surface area contributed by atoms with Gasteiger partial charge in [0.05, 0.1) is 0 Å². The lowest BCUT2D eigenvalue weighted by Crippen LogP contribution is -2.30. The summed E-state index contributed by atoms with van der Waals surface area (Å²) in [4.78, 5) is 10.7. The van der Waals surface area contributed by atoms with Crippen LogP contribution in [0.1, 0.15) is 13.8 Å². The molecule has 14 heavy (non-hydrogen) atoms. The molecule has 0 aliphatic carbocycles. The summed E-state index contributed by atoms with van der Waals surface area (Å²) in [5.74, 6) is -0.669. The van der Waals surface area contributed by atoms with E-state index < -0.39 is 18.2 Å². The fourth-order valence-electron chi connectivity index (χ4n) is 1.89. The monoisotopic (exact) mass is 202 g/mol. The lowest BCUT2D eigenvalue weighted by Gasteiger charge is -2.21. The zero-order valence-electron chi connectivity index (χ0n) is 8.43. The highest BCUT2D eigenvalue weighted by molar-refractivity contribution is 5.58. The summed E-state index contributed by atoms with van der Waals surface area (Å²) in [6.45, 7) is 3.61. The van der Waals surface area contributed by atoms with Gasteiger partial charge in [-0.05, 0) is 13.8 Å². The van der Waals surface area contributed by atoms with Gasteiger partial charge in [-0.15, -0.1) is 0 Å². The lowest BCUT2D eigenvalue weighted by atomic mass is 10.1. The van der Waals surface area contributed by atoms with Crippen LogP contribution in [0.25, 0.3) is 0 Å². The summed E-state index contributed by atoms with van der Waals surface area (Å²) in [7, 11) is 1.52. The third-order valence-corrected chi connectivity index (χ3v) is 2.41. The maximum absolute atomic E-state index is 10.7. The average molecular weight is 202 g/mol. The Morgan fingerprint density at radius 2 is 1.93 bits per heavy atom. The molecular weight excluding hydrogens is 188 g/mol. The van der Waals surface area contributed by atoms with Crippen molar-refractivity contribution in [1.29, 1.82) is 0 Å². The van der Waals surface area contributed by atoms with Crippen molar-refractivity contribution in [2.24, 2.45) is 0 Å². The second kappa shape index (κ2) is 3.27. The van der Waals surface area contributed by atoms with Crippen LogP contribution >= 0.6 is 0 Å². The van der Waals surface area contributed by atoms with Gasteiger partial charge in [-0.2, -0.15) is 0 Å². The molecule has 1 unspecified atom stereocenters. The molecule has 0 N–H and O–H groups in total. The molecule has 2 saturated heterocycles. The van der Waals surface area contributed by atoms with E-state index in [9.17, 15) is 4.79 Å². The van der Waals surface area contributed by atoms with Gasteiger partial charge in [-0.3, -0.25) is 0 Å². The smallest absolute Gasteiger partial charge is 0.187 e. The van der Waals surface area contributed by atoms with Crippen molar-refractivity contribution < 1.29 is 23.7 Å². The summed E-state index contributed by atoms with van der Waals surface area (Å²) >= 11 is 0. The van der Waals surface area contributed by atoms with Crippen molar-refractivity contribution in [2.45, 2.75) is 44.2 Å². The molecule has 0 radical (unpaired) electrons. The summed E-state index contributed by atoms with van der Waals surface area (Å²) in [6.07, 6.45) is -1.05. The second-order valence-corrected chi connectivity index (χ2v) is 3.91. The highest BCUT2D eigenvalue weighted by atomic mass is 16.8. The van der Waals surface area contributed by atoms with Gasteiger partial charge in [0.2, 0.25) is 0 Å². The van der Waals surface area contributed by atoms with E-state index in [0.717, 1.165) is 6.29 Å². The van der Waals surface area contributed by atoms with E-state index in [2.05, 4.69) is 0 Å². The van der Waals surface area contributed by atoms with Crippen molar-refractivity contribution in [2.75, 3.05) is 7.11 Å². The fraction of sp³-hybridized carbons (Fsp3) is 0.889. The highest BCUT2D eigenvalue weighted by Gasteiger charge is 2.55. The van der Waals surface area contributed by atoms with Gasteiger partial charge in [-0.25, -0.2) is 0 Å². The first-order chi connectivity index (χ1) is 6.57. The molecule has 80 valence electrons. The molecule has 0 spiro atoms. The minimum absolute atomic E-state index is 0.315. The summed E-state index contributed by atoms with van der Waals surface area (Å²) in [6, 6.07) is 0. The molecule has 0 amide bonds. The van der Waals surface area contributed by atoms with Crippen molar-refractivity contribution >= 4 is 6.29 Å². The largest absolute Gasteiger partial charge is 0.353 e. The van der Waals surface area contributed by atoms with Crippen molar-refractivity contribution in [3.05, 3.63) is 0 Å². The fourth-order valence-corrected chi connectivity index (χ4v) is 1.89. The zero-order valence-corrected chi connectivity index (χ0v) is 8.43. The Kier molecular flexibility index (Phi) is 2.35. The number of methoxy groups -OCH3 is 1. The van der Waals surface area contributed by atoms with E-state index in [1.807, 2.05) is 0 Å². The standard InChI is InChI=1S/C9H14O5/c1-9(2)13-6-5(4-10)12-8(11-3)7(6)14-9/h4-8H,1-3H3/t5-,6+,7+,8?/m1/s1. The molecule has 4 atom stereocenters. The first kappa shape index (κ1) is 10.0. The molecule has 0 aromatic carbocycles. The minimum atomic E-state index is -0.669. The molecule has 5 nitrogen and oxygen atoms in total. The number of ether oxygens (including phenoxy) is 4. The Morgan fingerprint density at radius 3 is 2.50 bits per heavy atom. The number of hydrogen-bond acceptors (Lipinski definition) is 5. The normalized spacial score (nSPS) is 45.1. The van der Waals surface area contributed by atoms with Gasteiger partial charge in [0.25, 0.3) is 0 Å². The van der Waals surface area contributed by atoms with E-state index in [4.69, 9.17) is 18.9 Å². The Hall–Kier alpha value is -0.490. The maximum atomic E-state index is 10.7. The predicted octanol–water partition coefficient (Wildman–Crippen LogP) is 0.0767. The van der Waals surface area contributed by atoms with Crippen molar-refractivity contribution in [1.82, 2.24) is 0 Å². The van der Waals surface area contributed by atoms with Crippen LogP contribution in [0.4, 0.5) is 0 Å². The van der Waals surface area contributed by atoms with Crippen molar-refractivity contribution in [3.8, 4) is 0 Å².